The van der Waals surface area contributed by atoms with Gasteiger partial charge in [0.05, 0.1) is 5.69 Å². The molecule has 0 saturated carbocycles. The third-order valence-electron chi connectivity index (χ3n) is 2.97. The van der Waals surface area contributed by atoms with E-state index in [4.69, 9.17) is 5.73 Å². The molecule has 20 heavy (non-hydrogen) atoms. The van der Waals surface area contributed by atoms with Gasteiger partial charge in [-0.2, -0.15) is 0 Å². The highest BCUT2D eigenvalue weighted by Crippen LogP contribution is 2.22. The number of nitrogens with zero attached hydrogens (tertiary/aromatic N) is 3. The maximum Gasteiger partial charge on any atom is 0.188 e. The Labute approximate surface area is 121 Å². The Morgan fingerprint density at radius 3 is 2.55 bits per heavy atom. The van der Waals surface area contributed by atoms with Crippen LogP contribution in [0.2, 0.25) is 0 Å². The molecule has 2 heterocycles. The molecule has 100 valence electrons. The van der Waals surface area contributed by atoms with Crippen molar-refractivity contribution in [2.75, 3.05) is 0 Å². The lowest BCUT2D eigenvalue weighted by Crippen LogP contribution is -2.13. The first kappa shape index (κ1) is 12.9. The fraction of sp³-hybridized carbons (Fsp3) is 0.133. The number of hydrogen-bond donors (Lipinski definition) is 1. The molecule has 0 bridgehead atoms. The molecule has 1 atom stereocenters. The molecule has 0 radical (unpaired) electrons. The van der Waals surface area contributed by atoms with Crippen LogP contribution in [0, 0.1) is 0 Å². The highest BCUT2D eigenvalue weighted by atomic mass is 32.1. The van der Waals surface area contributed by atoms with E-state index >= 15 is 0 Å². The molecule has 0 aliphatic carbocycles. The quantitative estimate of drug-likeness (QED) is 0.799. The molecular weight excluding hydrogens is 268 g/mol. The van der Waals surface area contributed by atoms with Crippen molar-refractivity contribution in [1.29, 1.82) is 0 Å². The van der Waals surface area contributed by atoms with Gasteiger partial charge in [-0.05, 0) is 11.6 Å². The Hall–Kier alpha value is -2.11. The van der Waals surface area contributed by atoms with Crippen LogP contribution >= 0.6 is 11.3 Å². The van der Waals surface area contributed by atoms with Crippen LogP contribution in [0.1, 0.15) is 17.3 Å². The normalized spacial score (nSPS) is 12.2. The summed E-state index contributed by atoms with van der Waals surface area (Å²) in [7, 11) is 0. The number of nitrogens with two attached hydrogens (primary N) is 1. The van der Waals surface area contributed by atoms with Gasteiger partial charge in [-0.1, -0.05) is 30.3 Å². The SMILES string of the molecule is NC(Cc1csc(-c2ncccn2)n1)c1ccccc1. The highest BCUT2D eigenvalue weighted by Gasteiger charge is 2.11. The molecule has 0 saturated heterocycles. The smallest absolute Gasteiger partial charge is 0.188 e. The van der Waals surface area contributed by atoms with Crippen molar-refractivity contribution in [3.05, 3.63) is 65.4 Å². The zero-order valence-electron chi connectivity index (χ0n) is 10.8. The van der Waals surface area contributed by atoms with Gasteiger partial charge >= 0.3 is 0 Å². The van der Waals surface area contributed by atoms with E-state index in [2.05, 4.69) is 15.0 Å². The van der Waals surface area contributed by atoms with Gasteiger partial charge in [0.1, 0.15) is 0 Å². The van der Waals surface area contributed by atoms with Gasteiger partial charge in [-0.15, -0.1) is 11.3 Å². The van der Waals surface area contributed by atoms with Crippen LogP contribution in [-0.2, 0) is 6.42 Å². The number of thiazole rings is 1. The van der Waals surface area contributed by atoms with E-state index in [1.807, 2.05) is 35.7 Å². The van der Waals surface area contributed by atoms with Crippen molar-refractivity contribution in [3.63, 3.8) is 0 Å². The van der Waals surface area contributed by atoms with E-state index < -0.39 is 0 Å². The molecule has 3 aromatic rings. The van der Waals surface area contributed by atoms with Crippen molar-refractivity contribution in [2.45, 2.75) is 12.5 Å². The summed E-state index contributed by atoms with van der Waals surface area (Å²) in [4.78, 5) is 13.0. The molecule has 3 rings (SSSR count). The summed E-state index contributed by atoms with van der Waals surface area (Å²) in [6, 6.07) is 11.8. The van der Waals surface area contributed by atoms with Gasteiger partial charge in [0.15, 0.2) is 10.8 Å². The first-order valence-corrected chi connectivity index (χ1v) is 7.23. The summed E-state index contributed by atoms with van der Waals surface area (Å²) in [5.41, 5.74) is 8.31. The molecule has 4 nitrogen and oxygen atoms in total. The Morgan fingerprint density at radius 1 is 1.05 bits per heavy atom. The molecule has 0 aliphatic heterocycles. The van der Waals surface area contributed by atoms with Gasteiger partial charge in [-0.25, -0.2) is 15.0 Å². The molecule has 5 heteroatoms. The van der Waals surface area contributed by atoms with Crippen molar-refractivity contribution in [2.24, 2.45) is 5.73 Å². The minimum atomic E-state index is -0.0390. The minimum Gasteiger partial charge on any atom is -0.324 e. The predicted molar refractivity (Wildman–Crippen MR) is 80.2 cm³/mol. The largest absolute Gasteiger partial charge is 0.324 e. The van der Waals surface area contributed by atoms with Crippen molar-refractivity contribution in [1.82, 2.24) is 15.0 Å². The second-order valence-electron chi connectivity index (χ2n) is 4.44. The molecule has 0 aliphatic rings. The van der Waals surface area contributed by atoms with Crippen LogP contribution in [0.15, 0.2) is 54.2 Å². The van der Waals surface area contributed by atoms with E-state index in [1.165, 1.54) is 0 Å². The van der Waals surface area contributed by atoms with Gasteiger partial charge in [0.25, 0.3) is 0 Å². The van der Waals surface area contributed by atoms with Crippen LogP contribution in [0.5, 0.6) is 0 Å². The zero-order chi connectivity index (χ0) is 13.8. The lowest BCUT2D eigenvalue weighted by atomic mass is 10.0. The Kier molecular flexibility index (Phi) is 3.80. The minimum absolute atomic E-state index is 0.0390. The van der Waals surface area contributed by atoms with Crippen LogP contribution < -0.4 is 5.73 Å². The fourth-order valence-electron chi connectivity index (χ4n) is 1.96. The maximum absolute atomic E-state index is 6.21. The van der Waals surface area contributed by atoms with Gasteiger partial charge in [0.2, 0.25) is 0 Å². The van der Waals surface area contributed by atoms with Crippen LogP contribution in [-0.4, -0.2) is 15.0 Å². The first-order valence-electron chi connectivity index (χ1n) is 6.35. The third kappa shape index (κ3) is 2.89. The Bertz CT molecular complexity index is 667. The Balaban J connectivity index is 1.75. The lowest BCUT2D eigenvalue weighted by molar-refractivity contribution is 0.710. The molecule has 0 fully saturated rings. The summed E-state index contributed by atoms with van der Waals surface area (Å²) in [6.07, 6.45) is 4.16. The lowest BCUT2D eigenvalue weighted by Gasteiger charge is -2.09. The van der Waals surface area contributed by atoms with Gasteiger partial charge in [0, 0.05) is 30.2 Å². The number of hydrogen-bond acceptors (Lipinski definition) is 5. The van der Waals surface area contributed by atoms with Crippen molar-refractivity contribution < 1.29 is 0 Å². The van der Waals surface area contributed by atoms with Crippen LogP contribution in [0.25, 0.3) is 10.8 Å². The maximum atomic E-state index is 6.21. The fourth-order valence-corrected chi connectivity index (χ4v) is 2.73. The molecule has 0 spiro atoms. The monoisotopic (exact) mass is 282 g/mol. The zero-order valence-corrected chi connectivity index (χ0v) is 11.6. The second-order valence-corrected chi connectivity index (χ2v) is 5.30. The number of aromatic nitrogens is 3. The van der Waals surface area contributed by atoms with Crippen molar-refractivity contribution >= 4 is 11.3 Å². The summed E-state index contributed by atoms with van der Waals surface area (Å²) in [5, 5.41) is 2.86. The van der Waals surface area contributed by atoms with E-state index in [0.29, 0.717) is 12.2 Å². The van der Waals surface area contributed by atoms with Crippen molar-refractivity contribution in [3.8, 4) is 10.8 Å². The summed E-state index contributed by atoms with van der Waals surface area (Å²) in [6.45, 7) is 0. The van der Waals surface area contributed by atoms with Gasteiger partial charge < -0.3 is 5.73 Å². The predicted octanol–water partition coefficient (Wildman–Crippen LogP) is 2.84. The molecular formula is C15H14N4S. The average molecular weight is 282 g/mol. The van der Waals surface area contributed by atoms with E-state index in [9.17, 15) is 0 Å². The van der Waals surface area contributed by atoms with Crippen LogP contribution in [0.3, 0.4) is 0 Å². The number of rotatable bonds is 4. The molecule has 2 N–H and O–H groups in total. The Morgan fingerprint density at radius 2 is 1.80 bits per heavy atom. The van der Waals surface area contributed by atoms with E-state index in [0.717, 1.165) is 16.3 Å². The molecule has 0 amide bonds. The van der Waals surface area contributed by atoms with E-state index in [1.54, 1.807) is 29.8 Å². The topological polar surface area (TPSA) is 64.7 Å². The summed E-state index contributed by atoms with van der Waals surface area (Å²) < 4.78 is 0. The third-order valence-corrected chi connectivity index (χ3v) is 3.85. The molecule has 1 aromatic carbocycles. The first-order chi connectivity index (χ1) is 9.83. The highest BCUT2D eigenvalue weighted by molar-refractivity contribution is 7.13. The van der Waals surface area contributed by atoms with Crippen LogP contribution in [0.4, 0.5) is 0 Å². The van der Waals surface area contributed by atoms with Gasteiger partial charge in [-0.3, -0.25) is 0 Å². The van der Waals surface area contributed by atoms with E-state index in [-0.39, 0.29) is 6.04 Å². The summed E-state index contributed by atoms with van der Waals surface area (Å²) in [5.74, 6) is 0.664. The molecule has 2 aromatic heterocycles. The molecule has 1 unspecified atom stereocenters. The number of benzene rings is 1. The summed E-state index contributed by atoms with van der Waals surface area (Å²) >= 11 is 1.55. The second kappa shape index (κ2) is 5.90. The standard InChI is InChI=1S/C15H14N4S/c16-13(11-5-2-1-3-6-11)9-12-10-20-15(19-12)14-17-7-4-8-18-14/h1-8,10,13H,9,16H2. The average Bonchev–Trinajstić information content (AvgIpc) is 2.97.